The number of hydrogen-bond donors (Lipinski definition) is 3. The Labute approximate surface area is 119 Å². The third-order valence-electron chi connectivity index (χ3n) is 2.95. The van der Waals surface area contributed by atoms with Crippen LogP contribution in [0.15, 0.2) is 24.3 Å². The SMILES string of the molecule is CCN(CC(=O)NC)C(=O)Nc1cccc(C(C)N)c1. The maximum Gasteiger partial charge on any atom is 0.322 e. The van der Waals surface area contributed by atoms with Gasteiger partial charge in [0.15, 0.2) is 0 Å². The largest absolute Gasteiger partial charge is 0.358 e. The van der Waals surface area contributed by atoms with Crippen LogP contribution in [-0.4, -0.2) is 37.0 Å². The monoisotopic (exact) mass is 278 g/mol. The van der Waals surface area contributed by atoms with Crippen molar-refractivity contribution in [2.75, 3.05) is 25.5 Å². The van der Waals surface area contributed by atoms with Crippen molar-refractivity contribution in [3.63, 3.8) is 0 Å². The molecule has 0 bridgehead atoms. The van der Waals surface area contributed by atoms with Gasteiger partial charge in [-0.1, -0.05) is 12.1 Å². The van der Waals surface area contributed by atoms with Crippen LogP contribution in [0.2, 0.25) is 0 Å². The minimum absolute atomic E-state index is 0.0335. The fourth-order valence-corrected chi connectivity index (χ4v) is 1.68. The molecular weight excluding hydrogens is 256 g/mol. The molecule has 4 N–H and O–H groups in total. The zero-order valence-electron chi connectivity index (χ0n) is 12.1. The molecule has 6 heteroatoms. The van der Waals surface area contributed by atoms with Crippen LogP contribution in [0, 0.1) is 0 Å². The highest BCUT2D eigenvalue weighted by Gasteiger charge is 2.15. The Balaban J connectivity index is 2.73. The molecule has 0 spiro atoms. The number of nitrogens with two attached hydrogens (primary N) is 1. The van der Waals surface area contributed by atoms with Gasteiger partial charge in [0, 0.05) is 25.3 Å². The van der Waals surface area contributed by atoms with E-state index in [1.54, 1.807) is 13.1 Å². The Morgan fingerprint density at radius 1 is 1.40 bits per heavy atom. The topological polar surface area (TPSA) is 87.5 Å². The van der Waals surface area contributed by atoms with Crippen molar-refractivity contribution >= 4 is 17.6 Å². The molecule has 110 valence electrons. The molecule has 1 aromatic carbocycles. The van der Waals surface area contributed by atoms with Gasteiger partial charge in [-0.2, -0.15) is 0 Å². The van der Waals surface area contributed by atoms with E-state index in [1.165, 1.54) is 4.90 Å². The van der Waals surface area contributed by atoms with Crippen LogP contribution in [0.4, 0.5) is 10.5 Å². The zero-order valence-corrected chi connectivity index (χ0v) is 12.1. The average molecular weight is 278 g/mol. The smallest absolute Gasteiger partial charge is 0.322 e. The van der Waals surface area contributed by atoms with Crippen molar-refractivity contribution in [2.24, 2.45) is 5.73 Å². The van der Waals surface area contributed by atoms with Gasteiger partial charge in [-0.05, 0) is 31.5 Å². The maximum atomic E-state index is 12.1. The lowest BCUT2D eigenvalue weighted by molar-refractivity contribution is -0.121. The molecule has 20 heavy (non-hydrogen) atoms. The Hall–Kier alpha value is -2.08. The third kappa shape index (κ3) is 4.55. The highest BCUT2D eigenvalue weighted by molar-refractivity contribution is 5.92. The fraction of sp³-hybridized carbons (Fsp3) is 0.429. The highest BCUT2D eigenvalue weighted by atomic mass is 16.2. The first kappa shape index (κ1) is 16.0. The predicted octanol–water partition coefficient (Wildman–Crippen LogP) is 1.31. The van der Waals surface area contributed by atoms with Crippen molar-refractivity contribution in [1.29, 1.82) is 0 Å². The number of carbonyl (C=O) groups excluding carboxylic acids is 2. The average Bonchev–Trinajstić information content (AvgIpc) is 2.44. The summed E-state index contributed by atoms with van der Waals surface area (Å²) >= 11 is 0. The van der Waals surface area contributed by atoms with Crippen LogP contribution >= 0.6 is 0 Å². The Kier molecular flexibility index (Phi) is 5.99. The molecule has 0 saturated heterocycles. The first-order valence-corrected chi connectivity index (χ1v) is 6.60. The summed E-state index contributed by atoms with van der Waals surface area (Å²) in [5.41, 5.74) is 7.42. The number of amides is 3. The quantitative estimate of drug-likeness (QED) is 0.758. The fourth-order valence-electron chi connectivity index (χ4n) is 1.68. The van der Waals surface area contributed by atoms with E-state index in [0.29, 0.717) is 12.2 Å². The second-order valence-electron chi connectivity index (χ2n) is 4.53. The number of carbonyl (C=O) groups is 2. The molecule has 3 amide bonds. The molecule has 1 aromatic rings. The molecule has 0 aromatic heterocycles. The Morgan fingerprint density at radius 3 is 2.65 bits per heavy atom. The number of nitrogens with zero attached hydrogens (tertiary/aromatic N) is 1. The number of likely N-dealkylation sites (N-methyl/N-ethyl adjacent to an activating group) is 2. The van der Waals surface area contributed by atoms with Crippen molar-refractivity contribution < 1.29 is 9.59 Å². The Morgan fingerprint density at radius 2 is 2.10 bits per heavy atom. The zero-order chi connectivity index (χ0) is 15.1. The van der Waals surface area contributed by atoms with Gasteiger partial charge >= 0.3 is 6.03 Å². The van der Waals surface area contributed by atoms with E-state index in [-0.39, 0.29) is 24.5 Å². The third-order valence-corrected chi connectivity index (χ3v) is 2.95. The summed E-state index contributed by atoms with van der Waals surface area (Å²) in [7, 11) is 1.54. The first-order chi connectivity index (χ1) is 9.47. The van der Waals surface area contributed by atoms with E-state index in [4.69, 9.17) is 5.73 Å². The summed E-state index contributed by atoms with van der Waals surface area (Å²) in [6.07, 6.45) is 0. The van der Waals surface area contributed by atoms with Crippen LogP contribution in [0.1, 0.15) is 25.5 Å². The molecule has 1 unspecified atom stereocenters. The molecule has 0 aliphatic rings. The molecular formula is C14H22N4O2. The molecule has 1 atom stereocenters. The lowest BCUT2D eigenvalue weighted by atomic mass is 10.1. The summed E-state index contributed by atoms with van der Waals surface area (Å²) in [6.45, 7) is 4.18. The van der Waals surface area contributed by atoms with Gasteiger partial charge in [-0.15, -0.1) is 0 Å². The minimum atomic E-state index is -0.307. The molecule has 0 fully saturated rings. The normalized spacial score (nSPS) is 11.6. The maximum absolute atomic E-state index is 12.1. The van der Waals surface area contributed by atoms with Crippen molar-refractivity contribution in [2.45, 2.75) is 19.9 Å². The minimum Gasteiger partial charge on any atom is -0.358 e. The van der Waals surface area contributed by atoms with Gasteiger partial charge in [0.2, 0.25) is 5.91 Å². The van der Waals surface area contributed by atoms with Crippen LogP contribution in [-0.2, 0) is 4.79 Å². The van der Waals surface area contributed by atoms with Crippen molar-refractivity contribution in [1.82, 2.24) is 10.2 Å². The van der Waals surface area contributed by atoms with Gasteiger partial charge < -0.3 is 21.3 Å². The second kappa shape index (κ2) is 7.49. The van der Waals surface area contributed by atoms with Crippen molar-refractivity contribution in [3.8, 4) is 0 Å². The van der Waals surface area contributed by atoms with E-state index in [1.807, 2.05) is 32.0 Å². The molecule has 1 rings (SSSR count). The lowest BCUT2D eigenvalue weighted by Gasteiger charge is -2.20. The molecule has 0 aliphatic carbocycles. The Bertz CT molecular complexity index is 474. The summed E-state index contributed by atoms with van der Waals surface area (Å²) in [4.78, 5) is 24.8. The first-order valence-electron chi connectivity index (χ1n) is 6.60. The standard InChI is InChI=1S/C14H22N4O2/c1-4-18(9-13(19)16-3)14(20)17-12-7-5-6-11(8-12)10(2)15/h5-8,10H,4,9,15H2,1-3H3,(H,16,19)(H,17,20). The number of anilines is 1. The van der Waals surface area contributed by atoms with Crippen LogP contribution < -0.4 is 16.4 Å². The molecule has 0 radical (unpaired) electrons. The number of benzene rings is 1. The van der Waals surface area contributed by atoms with Gasteiger partial charge in [-0.25, -0.2) is 4.79 Å². The second-order valence-corrected chi connectivity index (χ2v) is 4.53. The molecule has 0 aliphatic heterocycles. The van der Waals surface area contributed by atoms with Gasteiger partial charge in [0.05, 0.1) is 0 Å². The van der Waals surface area contributed by atoms with E-state index in [9.17, 15) is 9.59 Å². The molecule has 6 nitrogen and oxygen atoms in total. The van der Waals surface area contributed by atoms with Crippen LogP contribution in [0.3, 0.4) is 0 Å². The van der Waals surface area contributed by atoms with Crippen LogP contribution in [0.25, 0.3) is 0 Å². The number of rotatable bonds is 5. The summed E-state index contributed by atoms with van der Waals surface area (Å²) in [6, 6.07) is 6.96. The van der Waals surface area contributed by atoms with Crippen LogP contribution in [0.5, 0.6) is 0 Å². The molecule has 0 heterocycles. The van der Waals surface area contributed by atoms with E-state index in [0.717, 1.165) is 5.56 Å². The summed E-state index contributed by atoms with van der Waals surface area (Å²) < 4.78 is 0. The van der Waals surface area contributed by atoms with Gasteiger partial charge in [0.25, 0.3) is 0 Å². The van der Waals surface area contributed by atoms with E-state index in [2.05, 4.69) is 10.6 Å². The summed E-state index contributed by atoms with van der Waals surface area (Å²) in [5.74, 6) is -0.202. The van der Waals surface area contributed by atoms with E-state index >= 15 is 0 Å². The summed E-state index contributed by atoms with van der Waals surface area (Å²) in [5, 5.41) is 5.26. The highest BCUT2D eigenvalue weighted by Crippen LogP contribution is 2.15. The number of hydrogen-bond acceptors (Lipinski definition) is 3. The number of urea groups is 1. The van der Waals surface area contributed by atoms with Gasteiger partial charge in [0.1, 0.15) is 6.54 Å². The number of nitrogens with one attached hydrogen (secondary N) is 2. The van der Waals surface area contributed by atoms with E-state index < -0.39 is 0 Å². The lowest BCUT2D eigenvalue weighted by Crippen LogP contribution is -2.41. The molecule has 0 saturated carbocycles. The van der Waals surface area contributed by atoms with Crippen molar-refractivity contribution in [3.05, 3.63) is 29.8 Å². The predicted molar refractivity (Wildman–Crippen MR) is 79.4 cm³/mol. The van der Waals surface area contributed by atoms with Gasteiger partial charge in [-0.3, -0.25) is 4.79 Å².